The molecule has 78 valence electrons. The Morgan fingerprint density at radius 2 is 2.27 bits per heavy atom. The van der Waals surface area contributed by atoms with Gasteiger partial charge >= 0.3 is 0 Å². The molecular formula is C9H8ClN3OS. The van der Waals surface area contributed by atoms with E-state index in [1.54, 1.807) is 18.4 Å². The van der Waals surface area contributed by atoms with Gasteiger partial charge in [-0.05, 0) is 18.4 Å². The lowest BCUT2D eigenvalue weighted by molar-refractivity contribution is 0.579. The normalized spacial score (nSPS) is 10.5. The van der Waals surface area contributed by atoms with Gasteiger partial charge in [0.05, 0.1) is 6.26 Å². The van der Waals surface area contributed by atoms with Crippen LogP contribution in [0.2, 0.25) is 5.02 Å². The molecule has 0 aliphatic heterocycles. The second kappa shape index (κ2) is 4.12. The highest BCUT2D eigenvalue weighted by Crippen LogP contribution is 2.33. The maximum atomic E-state index is 6.11. The molecule has 0 saturated carbocycles. The van der Waals surface area contributed by atoms with Crippen LogP contribution in [0.4, 0.5) is 5.95 Å². The number of anilines is 1. The molecule has 6 heteroatoms. The molecule has 0 amide bonds. The van der Waals surface area contributed by atoms with Gasteiger partial charge in [-0.3, -0.25) is 0 Å². The van der Waals surface area contributed by atoms with Gasteiger partial charge in [-0.15, -0.1) is 11.8 Å². The van der Waals surface area contributed by atoms with Crippen molar-refractivity contribution in [2.24, 2.45) is 0 Å². The Hall–Kier alpha value is -1.20. The predicted octanol–water partition coefficient (Wildman–Crippen LogP) is 2.69. The average molecular weight is 242 g/mol. The summed E-state index contributed by atoms with van der Waals surface area (Å²) in [6.07, 6.45) is 3.43. The van der Waals surface area contributed by atoms with Crippen molar-refractivity contribution in [2.45, 2.75) is 5.03 Å². The summed E-state index contributed by atoms with van der Waals surface area (Å²) in [5, 5.41) is 1.11. The van der Waals surface area contributed by atoms with Crippen LogP contribution in [0.25, 0.3) is 11.5 Å². The quantitative estimate of drug-likeness (QED) is 0.647. The Morgan fingerprint density at radius 3 is 2.87 bits per heavy atom. The first-order valence-electron chi connectivity index (χ1n) is 4.13. The van der Waals surface area contributed by atoms with E-state index in [1.165, 1.54) is 11.8 Å². The monoisotopic (exact) mass is 241 g/mol. The van der Waals surface area contributed by atoms with E-state index in [9.17, 15) is 0 Å². The van der Waals surface area contributed by atoms with Crippen LogP contribution in [0.5, 0.6) is 0 Å². The Balaban J connectivity index is 2.61. The van der Waals surface area contributed by atoms with Crippen LogP contribution in [-0.4, -0.2) is 16.2 Å². The number of thioether (sulfide) groups is 1. The largest absolute Gasteiger partial charge is 0.463 e. The molecule has 2 aromatic heterocycles. The molecule has 2 heterocycles. The summed E-state index contributed by atoms with van der Waals surface area (Å²) in [5.74, 6) is 0.777. The molecule has 0 bridgehead atoms. The fraction of sp³-hybridized carbons (Fsp3) is 0.111. The van der Waals surface area contributed by atoms with Crippen molar-refractivity contribution < 1.29 is 4.42 Å². The number of rotatable bonds is 2. The number of nitrogen functional groups attached to an aromatic ring is 1. The van der Waals surface area contributed by atoms with Crippen molar-refractivity contribution in [2.75, 3.05) is 12.0 Å². The lowest BCUT2D eigenvalue weighted by Crippen LogP contribution is -1.98. The Labute approximate surface area is 95.9 Å². The minimum atomic E-state index is 0.190. The first-order chi connectivity index (χ1) is 7.22. The smallest absolute Gasteiger partial charge is 0.221 e. The number of nitrogens with two attached hydrogens (primary N) is 1. The van der Waals surface area contributed by atoms with Crippen molar-refractivity contribution in [1.29, 1.82) is 0 Å². The molecule has 0 aliphatic carbocycles. The molecule has 2 aromatic rings. The maximum Gasteiger partial charge on any atom is 0.221 e. The zero-order valence-electron chi connectivity index (χ0n) is 7.90. The number of furan rings is 1. The van der Waals surface area contributed by atoms with E-state index in [0.29, 0.717) is 21.5 Å². The molecule has 0 spiro atoms. The molecule has 0 unspecified atom stereocenters. The number of hydrogen-bond donors (Lipinski definition) is 1. The third-order valence-electron chi connectivity index (χ3n) is 1.79. The average Bonchev–Trinajstić information content (AvgIpc) is 2.74. The Bertz CT molecular complexity index is 472. The first-order valence-corrected chi connectivity index (χ1v) is 5.73. The van der Waals surface area contributed by atoms with Crippen molar-refractivity contribution >= 4 is 29.3 Å². The first kappa shape index (κ1) is 10.3. The summed E-state index contributed by atoms with van der Waals surface area (Å²) in [5.41, 5.74) is 6.10. The van der Waals surface area contributed by atoms with E-state index in [-0.39, 0.29) is 5.95 Å². The lowest BCUT2D eigenvalue weighted by Gasteiger charge is -2.05. The lowest BCUT2D eigenvalue weighted by atomic mass is 10.3. The molecule has 2 N–H and O–H groups in total. The van der Waals surface area contributed by atoms with Crippen molar-refractivity contribution in [3.8, 4) is 11.5 Å². The highest BCUT2D eigenvalue weighted by molar-refractivity contribution is 7.98. The molecule has 0 radical (unpaired) electrons. The van der Waals surface area contributed by atoms with Gasteiger partial charge in [0.15, 0.2) is 5.76 Å². The van der Waals surface area contributed by atoms with Gasteiger partial charge in [0, 0.05) is 0 Å². The fourth-order valence-electron chi connectivity index (χ4n) is 1.15. The van der Waals surface area contributed by atoms with E-state index in [1.807, 2.05) is 6.26 Å². The van der Waals surface area contributed by atoms with E-state index in [4.69, 9.17) is 21.8 Å². The minimum Gasteiger partial charge on any atom is -0.463 e. The zero-order chi connectivity index (χ0) is 10.8. The fourth-order valence-corrected chi connectivity index (χ4v) is 2.02. The van der Waals surface area contributed by atoms with Crippen LogP contribution in [0.15, 0.2) is 27.8 Å². The van der Waals surface area contributed by atoms with Gasteiger partial charge in [-0.2, -0.15) is 0 Å². The minimum absolute atomic E-state index is 0.190. The van der Waals surface area contributed by atoms with Gasteiger partial charge in [0.25, 0.3) is 0 Å². The zero-order valence-corrected chi connectivity index (χ0v) is 9.47. The second-order valence-electron chi connectivity index (χ2n) is 2.73. The third kappa shape index (κ3) is 1.93. The van der Waals surface area contributed by atoms with Crippen LogP contribution in [-0.2, 0) is 0 Å². The highest BCUT2D eigenvalue weighted by Gasteiger charge is 2.14. The van der Waals surface area contributed by atoms with Gasteiger partial charge in [-0.1, -0.05) is 11.6 Å². The van der Waals surface area contributed by atoms with Crippen LogP contribution in [0.1, 0.15) is 0 Å². The second-order valence-corrected chi connectivity index (χ2v) is 3.90. The van der Waals surface area contributed by atoms with Gasteiger partial charge in [0.1, 0.15) is 15.7 Å². The summed E-state index contributed by atoms with van der Waals surface area (Å²) in [6, 6.07) is 3.54. The van der Waals surface area contributed by atoms with Gasteiger partial charge in [0.2, 0.25) is 5.95 Å². The van der Waals surface area contributed by atoms with E-state index < -0.39 is 0 Å². The van der Waals surface area contributed by atoms with Crippen LogP contribution in [0, 0.1) is 0 Å². The number of halogens is 1. The standard InChI is InChI=1S/C9H8ClN3OS/c1-15-8-6(10)7(12-9(11)13-8)5-3-2-4-14-5/h2-4H,1H3,(H2,11,12,13). The Morgan fingerprint density at radius 1 is 1.47 bits per heavy atom. The number of aromatic nitrogens is 2. The molecule has 0 fully saturated rings. The number of nitrogens with zero attached hydrogens (tertiary/aromatic N) is 2. The molecule has 0 atom stereocenters. The van der Waals surface area contributed by atoms with Crippen molar-refractivity contribution in [3.05, 3.63) is 23.4 Å². The molecule has 0 aromatic carbocycles. The van der Waals surface area contributed by atoms with Crippen molar-refractivity contribution in [3.63, 3.8) is 0 Å². The molecule has 4 nitrogen and oxygen atoms in total. The molecule has 2 rings (SSSR count). The molecule has 0 aliphatic rings. The Kier molecular flexibility index (Phi) is 2.83. The SMILES string of the molecule is CSc1nc(N)nc(-c2ccco2)c1Cl. The summed E-state index contributed by atoms with van der Waals surface area (Å²) in [7, 11) is 0. The summed E-state index contributed by atoms with van der Waals surface area (Å²) in [4.78, 5) is 8.07. The van der Waals surface area contributed by atoms with E-state index in [2.05, 4.69) is 9.97 Å². The van der Waals surface area contributed by atoms with Crippen LogP contribution < -0.4 is 5.73 Å². The molecule has 15 heavy (non-hydrogen) atoms. The molecular weight excluding hydrogens is 234 g/mol. The highest BCUT2D eigenvalue weighted by atomic mass is 35.5. The van der Waals surface area contributed by atoms with Gasteiger partial charge in [-0.25, -0.2) is 9.97 Å². The van der Waals surface area contributed by atoms with Gasteiger partial charge < -0.3 is 10.2 Å². The molecule has 0 saturated heterocycles. The topological polar surface area (TPSA) is 64.9 Å². The maximum absolute atomic E-state index is 6.11. The van der Waals surface area contributed by atoms with E-state index >= 15 is 0 Å². The number of hydrogen-bond acceptors (Lipinski definition) is 5. The van der Waals surface area contributed by atoms with E-state index in [0.717, 1.165) is 0 Å². The third-order valence-corrected chi connectivity index (χ3v) is 2.94. The summed E-state index contributed by atoms with van der Waals surface area (Å²) in [6.45, 7) is 0. The summed E-state index contributed by atoms with van der Waals surface area (Å²) < 4.78 is 5.22. The van der Waals surface area contributed by atoms with Crippen LogP contribution in [0.3, 0.4) is 0 Å². The predicted molar refractivity (Wildman–Crippen MR) is 60.9 cm³/mol. The van der Waals surface area contributed by atoms with Crippen LogP contribution >= 0.6 is 23.4 Å². The summed E-state index contributed by atoms with van der Waals surface area (Å²) >= 11 is 7.53. The van der Waals surface area contributed by atoms with Crippen molar-refractivity contribution in [1.82, 2.24) is 9.97 Å².